The summed E-state index contributed by atoms with van der Waals surface area (Å²) in [5, 5.41) is 0. The molecule has 2 heteroatoms. The van der Waals surface area contributed by atoms with Crippen molar-refractivity contribution >= 4 is 5.97 Å². The van der Waals surface area contributed by atoms with E-state index in [9.17, 15) is 4.79 Å². The molecule has 0 spiro atoms. The smallest absolute Gasteiger partial charge is 0.302 e. The molecule has 0 amide bonds. The van der Waals surface area contributed by atoms with Gasteiger partial charge in [0, 0.05) is 6.92 Å². The van der Waals surface area contributed by atoms with E-state index in [2.05, 4.69) is 33.8 Å². The zero-order valence-corrected chi connectivity index (χ0v) is 11.6. The molecule has 16 heavy (non-hydrogen) atoms. The molecule has 0 rings (SSSR count). The van der Waals surface area contributed by atoms with Crippen LogP contribution in [0, 0.1) is 11.3 Å². The second-order valence-electron chi connectivity index (χ2n) is 5.94. The maximum absolute atomic E-state index is 10.6. The highest BCUT2D eigenvalue weighted by Crippen LogP contribution is 2.26. The lowest BCUT2D eigenvalue weighted by atomic mass is 9.84. The zero-order chi connectivity index (χ0) is 12.8. The third-order valence-electron chi connectivity index (χ3n) is 2.33. The summed E-state index contributed by atoms with van der Waals surface area (Å²) in [5.74, 6) is 0.461. The van der Waals surface area contributed by atoms with Gasteiger partial charge < -0.3 is 4.74 Å². The molecule has 2 nitrogen and oxygen atoms in total. The first-order valence-corrected chi connectivity index (χ1v) is 5.99. The molecule has 0 aromatic heterocycles. The van der Waals surface area contributed by atoms with Crippen molar-refractivity contribution in [3.8, 4) is 0 Å². The molecule has 0 bridgehead atoms. The average molecular weight is 226 g/mol. The van der Waals surface area contributed by atoms with Crippen molar-refractivity contribution in [1.29, 1.82) is 0 Å². The molecule has 1 unspecified atom stereocenters. The molecule has 0 saturated heterocycles. The zero-order valence-electron chi connectivity index (χ0n) is 11.6. The number of ether oxygens (including phenoxy) is 1. The number of carbonyl (C=O) groups is 1. The summed E-state index contributed by atoms with van der Waals surface area (Å²) < 4.78 is 4.93. The van der Waals surface area contributed by atoms with Gasteiger partial charge in [-0.05, 0) is 36.7 Å². The quantitative estimate of drug-likeness (QED) is 0.524. The molecular weight excluding hydrogens is 200 g/mol. The van der Waals surface area contributed by atoms with Crippen molar-refractivity contribution in [3.05, 3.63) is 11.6 Å². The second-order valence-corrected chi connectivity index (χ2v) is 5.94. The summed E-state index contributed by atoms with van der Waals surface area (Å²) >= 11 is 0. The van der Waals surface area contributed by atoms with E-state index in [0.717, 1.165) is 12.0 Å². The Morgan fingerprint density at radius 1 is 1.31 bits per heavy atom. The van der Waals surface area contributed by atoms with Gasteiger partial charge in [0.05, 0.1) is 0 Å². The van der Waals surface area contributed by atoms with Crippen LogP contribution >= 0.6 is 0 Å². The number of carbonyl (C=O) groups excluding carboxylic acids is 1. The predicted molar refractivity (Wildman–Crippen MR) is 68.2 cm³/mol. The Morgan fingerprint density at radius 3 is 2.31 bits per heavy atom. The van der Waals surface area contributed by atoms with Crippen LogP contribution < -0.4 is 0 Å². The van der Waals surface area contributed by atoms with Crippen molar-refractivity contribution in [2.45, 2.75) is 54.4 Å². The van der Waals surface area contributed by atoms with Gasteiger partial charge in [-0.1, -0.05) is 33.8 Å². The lowest BCUT2D eigenvalue weighted by Gasteiger charge is -2.22. The molecule has 0 aliphatic heterocycles. The minimum Gasteiger partial charge on any atom is -0.461 e. The first-order valence-electron chi connectivity index (χ1n) is 5.99. The van der Waals surface area contributed by atoms with E-state index in [1.807, 2.05) is 6.92 Å². The minimum atomic E-state index is -0.213. The fourth-order valence-corrected chi connectivity index (χ4v) is 1.81. The first-order chi connectivity index (χ1) is 7.20. The molecule has 1 atom stereocenters. The molecule has 0 aliphatic rings. The van der Waals surface area contributed by atoms with Crippen LogP contribution in [0.1, 0.15) is 54.4 Å². The summed E-state index contributed by atoms with van der Waals surface area (Å²) in [6, 6.07) is 0. The van der Waals surface area contributed by atoms with Crippen LogP contribution in [0.4, 0.5) is 0 Å². The third-order valence-corrected chi connectivity index (χ3v) is 2.33. The Hall–Kier alpha value is -0.790. The lowest BCUT2D eigenvalue weighted by Crippen LogP contribution is -2.10. The molecule has 0 saturated carbocycles. The third kappa shape index (κ3) is 9.75. The van der Waals surface area contributed by atoms with Gasteiger partial charge in [-0.3, -0.25) is 4.79 Å². The summed E-state index contributed by atoms with van der Waals surface area (Å²) in [4.78, 5) is 10.6. The topological polar surface area (TPSA) is 26.3 Å². The standard InChI is InChI=1S/C14H26O2/c1-11(9-14(4,5)6)7-8-12(2)10-16-13(3)15/h8,11H,7,9-10H2,1-6H3. The van der Waals surface area contributed by atoms with Gasteiger partial charge in [-0.15, -0.1) is 0 Å². The van der Waals surface area contributed by atoms with Gasteiger partial charge in [0.2, 0.25) is 0 Å². The monoisotopic (exact) mass is 226 g/mol. The maximum Gasteiger partial charge on any atom is 0.302 e. The molecule has 0 aromatic carbocycles. The highest BCUT2D eigenvalue weighted by atomic mass is 16.5. The van der Waals surface area contributed by atoms with E-state index >= 15 is 0 Å². The Morgan fingerprint density at radius 2 is 1.88 bits per heavy atom. The molecule has 0 heterocycles. The largest absolute Gasteiger partial charge is 0.461 e. The lowest BCUT2D eigenvalue weighted by molar-refractivity contribution is -0.139. The maximum atomic E-state index is 10.6. The molecule has 0 radical (unpaired) electrons. The molecule has 0 N–H and O–H groups in total. The van der Waals surface area contributed by atoms with Gasteiger partial charge in [0.1, 0.15) is 6.61 Å². The Labute approximate surface area is 100 Å². The molecule has 0 aromatic rings. The summed E-state index contributed by atoms with van der Waals surface area (Å²) in [7, 11) is 0. The SMILES string of the molecule is CC(=O)OCC(C)=CCC(C)CC(C)(C)C. The summed E-state index contributed by atoms with van der Waals surface area (Å²) in [5.41, 5.74) is 1.52. The van der Waals surface area contributed by atoms with Gasteiger partial charge in [0.25, 0.3) is 0 Å². The highest BCUT2D eigenvalue weighted by Gasteiger charge is 2.14. The van der Waals surface area contributed by atoms with E-state index in [0.29, 0.717) is 17.9 Å². The summed E-state index contributed by atoms with van der Waals surface area (Å²) in [6.45, 7) is 12.9. The van der Waals surface area contributed by atoms with Crippen LogP contribution in [0.5, 0.6) is 0 Å². The van der Waals surface area contributed by atoms with E-state index in [1.165, 1.54) is 13.3 Å². The minimum absolute atomic E-state index is 0.213. The highest BCUT2D eigenvalue weighted by molar-refractivity contribution is 5.66. The van der Waals surface area contributed by atoms with Crippen molar-refractivity contribution in [2.24, 2.45) is 11.3 Å². The molecule has 0 fully saturated rings. The fraction of sp³-hybridized carbons (Fsp3) is 0.786. The molecule has 94 valence electrons. The molecule has 0 aliphatic carbocycles. The van der Waals surface area contributed by atoms with Gasteiger partial charge in [-0.25, -0.2) is 0 Å². The van der Waals surface area contributed by atoms with Crippen LogP contribution in [0.3, 0.4) is 0 Å². The van der Waals surface area contributed by atoms with Crippen LogP contribution in [0.2, 0.25) is 0 Å². The van der Waals surface area contributed by atoms with E-state index < -0.39 is 0 Å². The fourth-order valence-electron chi connectivity index (χ4n) is 1.81. The van der Waals surface area contributed by atoms with Crippen molar-refractivity contribution < 1.29 is 9.53 Å². The van der Waals surface area contributed by atoms with E-state index in [1.54, 1.807) is 0 Å². The average Bonchev–Trinajstić information content (AvgIpc) is 2.08. The van der Waals surface area contributed by atoms with Crippen LogP contribution in [0.15, 0.2) is 11.6 Å². The predicted octanol–water partition coefficient (Wildman–Crippen LogP) is 3.96. The van der Waals surface area contributed by atoms with Gasteiger partial charge in [0.15, 0.2) is 0 Å². The van der Waals surface area contributed by atoms with Gasteiger partial charge >= 0.3 is 5.97 Å². The number of hydrogen-bond donors (Lipinski definition) is 0. The van der Waals surface area contributed by atoms with Crippen molar-refractivity contribution in [3.63, 3.8) is 0 Å². The molecular formula is C14H26O2. The first kappa shape index (κ1) is 15.2. The summed E-state index contributed by atoms with van der Waals surface area (Å²) in [6.07, 6.45) is 4.45. The van der Waals surface area contributed by atoms with Crippen LogP contribution in [-0.2, 0) is 9.53 Å². The Bertz CT molecular complexity index is 246. The van der Waals surface area contributed by atoms with Crippen molar-refractivity contribution in [2.75, 3.05) is 6.61 Å². The Balaban J connectivity index is 3.92. The Kier molecular flexibility index (Phi) is 6.39. The number of hydrogen-bond acceptors (Lipinski definition) is 2. The normalized spacial score (nSPS) is 14.8. The second kappa shape index (κ2) is 6.72. The number of esters is 1. The number of allylic oxidation sites excluding steroid dienone is 1. The van der Waals surface area contributed by atoms with Crippen LogP contribution in [0.25, 0.3) is 0 Å². The van der Waals surface area contributed by atoms with Crippen LogP contribution in [-0.4, -0.2) is 12.6 Å². The van der Waals surface area contributed by atoms with E-state index in [-0.39, 0.29) is 5.97 Å². The van der Waals surface area contributed by atoms with E-state index in [4.69, 9.17) is 4.74 Å². The number of rotatable bonds is 5. The van der Waals surface area contributed by atoms with Crippen molar-refractivity contribution in [1.82, 2.24) is 0 Å². The van der Waals surface area contributed by atoms with Gasteiger partial charge in [-0.2, -0.15) is 0 Å².